The topological polar surface area (TPSA) is 27.7 Å². The maximum atomic E-state index is 5.89. The molecule has 3 rings (SSSR count). The molecule has 3 heteroatoms. The molecular weight excluding hydrogens is 204 g/mol. The standard InChI is InChI=1S/C9H14O3.2C2H6/c1-2-5-9-7-3-6-8(4-1,10-9)11-12-9;2*1-2/h1-7H2;2*1-2H3. The van der Waals surface area contributed by atoms with Gasteiger partial charge in [0.1, 0.15) is 0 Å². The molecule has 2 bridgehead atoms. The Kier molecular flexibility index (Phi) is 5.22. The molecule has 3 nitrogen and oxygen atoms in total. The molecule has 0 saturated carbocycles. The van der Waals surface area contributed by atoms with Gasteiger partial charge in [-0.05, 0) is 19.3 Å². The summed E-state index contributed by atoms with van der Waals surface area (Å²) in [5, 5.41) is 0. The van der Waals surface area contributed by atoms with Gasteiger partial charge in [-0.15, -0.1) is 0 Å². The third-order valence-corrected chi connectivity index (χ3v) is 3.20. The summed E-state index contributed by atoms with van der Waals surface area (Å²) in [6.07, 6.45) is 7.64. The van der Waals surface area contributed by atoms with Gasteiger partial charge in [-0.1, -0.05) is 27.7 Å². The van der Waals surface area contributed by atoms with Crippen molar-refractivity contribution in [1.82, 2.24) is 0 Å². The van der Waals surface area contributed by atoms with Crippen LogP contribution in [0.15, 0.2) is 0 Å². The van der Waals surface area contributed by atoms with E-state index in [2.05, 4.69) is 0 Å². The van der Waals surface area contributed by atoms with Crippen molar-refractivity contribution < 1.29 is 14.5 Å². The maximum Gasteiger partial charge on any atom is 0.204 e. The molecule has 3 heterocycles. The Labute approximate surface area is 99.4 Å². The fourth-order valence-corrected chi connectivity index (χ4v) is 2.56. The molecule has 0 radical (unpaired) electrons. The molecule has 0 aromatic rings. The van der Waals surface area contributed by atoms with Gasteiger partial charge in [0.15, 0.2) is 0 Å². The summed E-state index contributed by atoms with van der Waals surface area (Å²) in [6, 6.07) is 0. The summed E-state index contributed by atoms with van der Waals surface area (Å²) in [5.41, 5.74) is 0. The Morgan fingerprint density at radius 1 is 0.625 bits per heavy atom. The van der Waals surface area contributed by atoms with Crippen molar-refractivity contribution in [2.24, 2.45) is 0 Å². The molecule has 0 aromatic heterocycles. The third-order valence-electron chi connectivity index (χ3n) is 3.20. The van der Waals surface area contributed by atoms with Gasteiger partial charge in [0, 0.05) is 25.7 Å². The predicted octanol–water partition coefficient (Wildman–Crippen LogP) is 4.17. The zero-order valence-electron chi connectivity index (χ0n) is 11.2. The van der Waals surface area contributed by atoms with Crippen LogP contribution in [-0.2, 0) is 14.5 Å². The van der Waals surface area contributed by atoms with E-state index in [9.17, 15) is 0 Å². The largest absolute Gasteiger partial charge is 0.312 e. The van der Waals surface area contributed by atoms with E-state index in [0.717, 1.165) is 25.7 Å². The molecule has 2 atom stereocenters. The van der Waals surface area contributed by atoms with E-state index in [1.54, 1.807) is 0 Å². The first-order valence-electron chi connectivity index (χ1n) is 6.90. The van der Waals surface area contributed by atoms with E-state index < -0.39 is 0 Å². The monoisotopic (exact) mass is 230 g/mol. The van der Waals surface area contributed by atoms with Gasteiger partial charge in [0.2, 0.25) is 11.6 Å². The van der Waals surface area contributed by atoms with Gasteiger partial charge in [-0.2, -0.15) is 9.78 Å². The zero-order chi connectivity index (χ0) is 12.1. The highest BCUT2D eigenvalue weighted by Gasteiger charge is 2.56. The second-order valence-electron chi connectivity index (χ2n) is 4.15. The van der Waals surface area contributed by atoms with E-state index in [1.165, 1.54) is 19.3 Å². The molecule has 0 spiro atoms. The van der Waals surface area contributed by atoms with Crippen LogP contribution in [0, 0.1) is 0 Å². The fraction of sp³-hybridized carbons (Fsp3) is 1.00. The first kappa shape index (κ1) is 13.9. The van der Waals surface area contributed by atoms with E-state index in [1.807, 2.05) is 27.7 Å². The summed E-state index contributed by atoms with van der Waals surface area (Å²) in [4.78, 5) is 10.7. The molecule has 96 valence electrons. The third kappa shape index (κ3) is 2.58. The minimum atomic E-state index is -0.352. The Bertz CT molecular complexity index is 179. The van der Waals surface area contributed by atoms with Crippen LogP contribution in [0.2, 0.25) is 0 Å². The minimum Gasteiger partial charge on any atom is -0.312 e. The lowest BCUT2D eigenvalue weighted by atomic mass is 9.99. The number of ether oxygens (including phenoxy) is 1. The molecule has 3 fully saturated rings. The molecule has 2 unspecified atom stereocenters. The maximum absolute atomic E-state index is 5.89. The molecule has 16 heavy (non-hydrogen) atoms. The summed E-state index contributed by atoms with van der Waals surface area (Å²) in [5.74, 6) is -0.705. The summed E-state index contributed by atoms with van der Waals surface area (Å²) in [6.45, 7) is 8.00. The second kappa shape index (κ2) is 5.99. The van der Waals surface area contributed by atoms with Crippen LogP contribution in [0.25, 0.3) is 0 Å². The van der Waals surface area contributed by atoms with Gasteiger partial charge >= 0.3 is 0 Å². The van der Waals surface area contributed by atoms with Gasteiger partial charge in [0.25, 0.3) is 0 Å². The molecule has 3 aliphatic heterocycles. The van der Waals surface area contributed by atoms with E-state index >= 15 is 0 Å². The SMILES string of the molecule is C1CCC23CCCC(C1)(OO2)O3.CC.CC. The number of hydrogen-bond acceptors (Lipinski definition) is 3. The first-order valence-corrected chi connectivity index (χ1v) is 6.90. The van der Waals surface area contributed by atoms with Gasteiger partial charge in [-0.3, -0.25) is 0 Å². The number of rotatable bonds is 0. The predicted molar refractivity (Wildman–Crippen MR) is 63.7 cm³/mol. The molecule has 3 aliphatic rings. The quantitative estimate of drug-likeness (QED) is 0.585. The smallest absolute Gasteiger partial charge is 0.204 e. The highest BCUT2D eigenvalue weighted by Crippen LogP contribution is 2.51. The van der Waals surface area contributed by atoms with Crippen molar-refractivity contribution in [1.29, 1.82) is 0 Å². The molecule has 0 amide bonds. The van der Waals surface area contributed by atoms with Gasteiger partial charge < -0.3 is 4.74 Å². The molecule has 3 saturated heterocycles. The van der Waals surface area contributed by atoms with Crippen LogP contribution in [0.1, 0.15) is 72.6 Å². The van der Waals surface area contributed by atoms with E-state index in [0.29, 0.717) is 0 Å². The molecule has 0 aromatic carbocycles. The first-order chi connectivity index (χ1) is 7.83. The normalized spacial score (nSPS) is 39.8. The van der Waals surface area contributed by atoms with Crippen LogP contribution in [0.4, 0.5) is 0 Å². The zero-order valence-corrected chi connectivity index (χ0v) is 11.2. The van der Waals surface area contributed by atoms with Crippen molar-refractivity contribution >= 4 is 0 Å². The van der Waals surface area contributed by atoms with Gasteiger partial charge in [-0.25, -0.2) is 0 Å². The average Bonchev–Trinajstić information content (AvgIpc) is 2.54. The van der Waals surface area contributed by atoms with Crippen molar-refractivity contribution in [3.63, 3.8) is 0 Å². The molecular formula is C13H26O3. The van der Waals surface area contributed by atoms with Gasteiger partial charge in [0.05, 0.1) is 0 Å². The van der Waals surface area contributed by atoms with Crippen LogP contribution in [-0.4, -0.2) is 11.6 Å². The van der Waals surface area contributed by atoms with Crippen molar-refractivity contribution in [3.05, 3.63) is 0 Å². The Morgan fingerprint density at radius 2 is 1.00 bits per heavy atom. The fourth-order valence-electron chi connectivity index (χ4n) is 2.56. The van der Waals surface area contributed by atoms with Crippen LogP contribution in [0.3, 0.4) is 0 Å². The van der Waals surface area contributed by atoms with Crippen molar-refractivity contribution in [3.8, 4) is 0 Å². The average molecular weight is 230 g/mol. The summed E-state index contributed by atoms with van der Waals surface area (Å²) < 4.78 is 5.89. The van der Waals surface area contributed by atoms with Crippen LogP contribution >= 0.6 is 0 Å². The minimum absolute atomic E-state index is 0.352. The molecule has 0 aliphatic carbocycles. The molecule has 0 N–H and O–H groups in total. The lowest BCUT2D eigenvalue weighted by molar-refractivity contribution is -0.349. The highest BCUT2D eigenvalue weighted by molar-refractivity contribution is 4.88. The Hall–Kier alpha value is -0.120. The second-order valence-corrected chi connectivity index (χ2v) is 4.15. The van der Waals surface area contributed by atoms with Crippen molar-refractivity contribution in [2.75, 3.05) is 0 Å². The summed E-state index contributed by atoms with van der Waals surface area (Å²) >= 11 is 0. The highest BCUT2D eigenvalue weighted by atomic mass is 17.3. The van der Waals surface area contributed by atoms with E-state index in [4.69, 9.17) is 14.5 Å². The van der Waals surface area contributed by atoms with Crippen LogP contribution in [0.5, 0.6) is 0 Å². The Morgan fingerprint density at radius 3 is 1.44 bits per heavy atom. The lowest BCUT2D eigenvalue weighted by Crippen LogP contribution is -2.39. The number of hydrogen-bond donors (Lipinski definition) is 0. The summed E-state index contributed by atoms with van der Waals surface area (Å²) in [7, 11) is 0. The lowest BCUT2D eigenvalue weighted by Gasteiger charge is -2.31. The van der Waals surface area contributed by atoms with Crippen molar-refractivity contribution in [2.45, 2.75) is 84.2 Å². The van der Waals surface area contributed by atoms with Crippen LogP contribution < -0.4 is 0 Å². The van der Waals surface area contributed by atoms with E-state index in [-0.39, 0.29) is 11.6 Å². The Balaban J connectivity index is 0.000000291.